The zero-order chi connectivity index (χ0) is 15.4. The third-order valence-corrected chi connectivity index (χ3v) is 5.18. The molecule has 1 aromatic carbocycles. The molecule has 3 rings (SSSR count). The van der Waals surface area contributed by atoms with Gasteiger partial charge in [0.2, 0.25) is 0 Å². The molecule has 0 N–H and O–H groups in total. The molecule has 0 radical (unpaired) electrons. The molecular formula is C19H30N2O. The summed E-state index contributed by atoms with van der Waals surface area (Å²) in [4.78, 5) is 5.26. The van der Waals surface area contributed by atoms with Crippen LogP contribution in [0.25, 0.3) is 0 Å². The first-order chi connectivity index (χ1) is 10.6. The van der Waals surface area contributed by atoms with Gasteiger partial charge in [0.1, 0.15) is 0 Å². The van der Waals surface area contributed by atoms with Crippen LogP contribution in [0.4, 0.5) is 0 Å². The quantitative estimate of drug-likeness (QED) is 0.831. The second kappa shape index (κ2) is 7.12. The largest absolute Gasteiger partial charge is 0.381 e. The molecule has 2 saturated heterocycles. The molecule has 0 aliphatic carbocycles. The highest BCUT2D eigenvalue weighted by Crippen LogP contribution is 2.25. The summed E-state index contributed by atoms with van der Waals surface area (Å²) in [5.41, 5.74) is 1.67. The highest BCUT2D eigenvalue weighted by atomic mass is 16.5. The van der Waals surface area contributed by atoms with Crippen LogP contribution in [-0.4, -0.2) is 62.3 Å². The van der Waals surface area contributed by atoms with Crippen LogP contribution in [0.1, 0.15) is 25.8 Å². The van der Waals surface area contributed by atoms with E-state index < -0.39 is 0 Å². The van der Waals surface area contributed by atoms with E-state index in [1.807, 2.05) is 0 Å². The summed E-state index contributed by atoms with van der Waals surface area (Å²) in [6.07, 6.45) is 1.25. The Kier molecular flexibility index (Phi) is 5.17. The Morgan fingerprint density at radius 3 is 2.36 bits per heavy atom. The zero-order valence-electron chi connectivity index (χ0n) is 14.1. The van der Waals surface area contributed by atoms with Gasteiger partial charge >= 0.3 is 0 Å². The fourth-order valence-electron chi connectivity index (χ4n) is 3.76. The first kappa shape index (κ1) is 16.0. The summed E-state index contributed by atoms with van der Waals surface area (Å²) in [5.74, 6) is 0.771. The van der Waals surface area contributed by atoms with Crippen molar-refractivity contribution in [2.45, 2.75) is 25.7 Å². The van der Waals surface area contributed by atoms with E-state index in [0.717, 1.165) is 25.7 Å². The Morgan fingerprint density at radius 2 is 1.73 bits per heavy atom. The topological polar surface area (TPSA) is 15.7 Å². The number of rotatable bonds is 5. The van der Waals surface area contributed by atoms with Gasteiger partial charge in [0.15, 0.2) is 0 Å². The Hall–Kier alpha value is -0.900. The molecule has 1 atom stereocenters. The molecule has 2 aliphatic heterocycles. The molecule has 3 nitrogen and oxygen atoms in total. The summed E-state index contributed by atoms with van der Waals surface area (Å²) in [7, 11) is 0. The van der Waals surface area contributed by atoms with Crippen molar-refractivity contribution in [2.24, 2.45) is 5.92 Å². The van der Waals surface area contributed by atoms with Crippen molar-refractivity contribution in [2.75, 3.05) is 52.5 Å². The molecule has 0 amide bonds. The maximum absolute atomic E-state index is 5.50. The molecule has 0 aromatic heterocycles. The van der Waals surface area contributed by atoms with Gasteiger partial charge in [-0.1, -0.05) is 44.2 Å². The highest BCUT2D eigenvalue weighted by Gasteiger charge is 2.27. The van der Waals surface area contributed by atoms with Gasteiger partial charge in [0, 0.05) is 51.3 Å². The van der Waals surface area contributed by atoms with Crippen LogP contribution in [0.15, 0.2) is 30.3 Å². The molecule has 2 aliphatic rings. The summed E-state index contributed by atoms with van der Waals surface area (Å²) >= 11 is 0. The van der Waals surface area contributed by atoms with Gasteiger partial charge < -0.3 is 9.64 Å². The van der Waals surface area contributed by atoms with Crippen molar-refractivity contribution in [3.8, 4) is 0 Å². The fraction of sp³-hybridized carbons (Fsp3) is 0.684. The van der Waals surface area contributed by atoms with E-state index in [9.17, 15) is 0 Å². The second-order valence-electron chi connectivity index (χ2n) is 7.56. The lowest BCUT2D eigenvalue weighted by molar-refractivity contribution is 0.0983. The molecule has 22 heavy (non-hydrogen) atoms. The average molecular weight is 302 g/mol. The van der Waals surface area contributed by atoms with Crippen LogP contribution >= 0.6 is 0 Å². The lowest BCUT2D eigenvalue weighted by atomic mass is 9.84. The van der Waals surface area contributed by atoms with E-state index in [1.165, 1.54) is 44.7 Å². The van der Waals surface area contributed by atoms with Gasteiger partial charge in [0.25, 0.3) is 0 Å². The van der Waals surface area contributed by atoms with E-state index in [1.54, 1.807) is 0 Å². The minimum atomic E-state index is 0.225. The van der Waals surface area contributed by atoms with Crippen LogP contribution in [0.2, 0.25) is 0 Å². The van der Waals surface area contributed by atoms with Crippen LogP contribution in [0.3, 0.4) is 0 Å². The molecule has 0 unspecified atom stereocenters. The molecular weight excluding hydrogens is 272 g/mol. The molecule has 122 valence electrons. The van der Waals surface area contributed by atoms with Gasteiger partial charge in [-0.3, -0.25) is 4.90 Å². The second-order valence-corrected chi connectivity index (χ2v) is 7.56. The average Bonchev–Trinajstić information content (AvgIpc) is 3.03. The molecule has 1 aromatic rings. The minimum Gasteiger partial charge on any atom is -0.381 e. The van der Waals surface area contributed by atoms with Crippen LogP contribution < -0.4 is 0 Å². The molecule has 0 saturated carbocycles. The monoisotopic (exact) mass is 302 g/mol. The lowest BCUT2D eigenvalue weighted by Gasteiger charge is -2.39. The third-order valence-electron chi connectivity index (χ3n) is 5.18. The van der Waals surface area contributed by atoms with Gasteiger partial charge in [-0.25, -0.2) is 0 Å². The van der Waals surface area contributed by atoms with Crippen molar-refractivity contribution in [1.29, 1.82) is 0 Å². The first-order valence-corrected chi connectivity index (χ1v) is 8.71. The number of hydrogen-bond acceptors (Lipinski definition) is 3. The van der Waals surface area contributed by atoms with Crippen LogP contribution in [-0.2, 0) is 10.2 Å². The molecule has 2 fully saturated rings. The van der Waals surface area contributed by atoms with E-state index in [4.69, 9.17) is 4.74 Å². The highest BCUT2D eigenvalue weighted by molar-refractivity contribution is 5.23. The minimum absolute atomic E-state index is 0.225. The summed E-state index contributed by atoms with van der Waals surface area (Å²) in [6.45, 7) is 13.9. The SMILES string of the molecule is CC(C)(CN1CCN(C[C@H]2CCOC2)CC1)c1ccccc1. The number of hydrogen-bond donors (Lipinski definition) is 0. The van der Waals surface area contributed by atoms with Crippen molar-refractivity contribution in [3.05, 3.63) is 35.9 Å². The molecule has 0 bridgehead atoms. The van der Waals surface area contributed by atoms with E-state index in [0.29, 0.717) is 0 Å². The van der Waals surface area contributed by atoms with E-state index in [2.05, 4.69) is 54.0 Å². The Bertz CT molecular complexity index is 446. The van der Waals surface area contributed by atoms with Crippen LogP contribution in [0, 0.1) is 5.92 Å². The van der Waals surface area contributed by atoms with E-state index >= 15 is 0 Å². The Balaban J connectivity index is 1.47. The van der Waals surface area contributed by atoms with Crippen LogP contribution in [0.5, 0.6) is 0 Å². The Labute approximate surface area is 135 Å². The normalized spacial score (nSPS) is 24.7. The smallest absolute Gasteiger partial charge is 0.0507 e. The summed E-state index contributed by atoms with van der Waals surface area (Å²) in [5, 5.41) is 0. The van der Waals surface area contributed by atoms with Crippen molar-refractivity contribution >= 4 is 0 Å². The summed E-state index contributed by atoms with van der Waals surface area (Å²) in [6, 6.07) is 10.9. The fourth-order valence-corrected chi connectivity index (χ4v) is 3.76. The third kappa shape index (κ3) is 4.09. The maximum Gasteiger partial charge on any atom is 0.0507 e. The number of piperazine rings is 1. The van der Waals surface area contributed by atoms with Gasteiger partial charge in [0.05, 0.1) is 6.61 Å². The number of ether oxygens (including phenoxy) is 1. The standard InChI is InChI=1S/C19H30N2O/c1-19(2,18-6-4-3-5-7-18)16-21-11-9-20(10-12-21)14-17-8-13-22-15-17/h3-7,17H,8-16H2,1-2H3/t17-/m1/s1. The van der Waals surface area contributed by atoms with Gasteiger partial charge in [-0.15, -0.1) is 0 Å². The number of nitrogens with zero attached hydrogens (tertiary/aromatic N) is 2. The zero-order valence-corrected chi connectivity index (χ0v) is 14.1. The van der Waals surface area contributed by atoms with Gasteiger partial charge in [-0.2, -0.15) is 0 Å². The summed E-state index contributed by atoms with van der Waals surface area (Å²) < 4.78 is 5.50. The van der Waals surface area contributed by atoms with E-state index in [-0.39, 0.29) is 5.41 Å². The predicted molar refractivity (Wildman–Crippen MR) is 91.3 cm³/mol. The predicted octanol–water partition coefficient (Wildman–Crippen LogP) is 2.62. The maximum atomic E-state index is 5.50. The Morgan fingerprint density at radius 1 is 1.05 bits per heavy atom. The lowest BCUT2D eigenvalue weighted by Crippen LogP contribution is -2.50. The number of benzene rings is 1. The van der Waals surface area contributed by atoms with Crippen molar-refractivity contribution < 1.29 is 4.74 Å². The van der Waals surface area contributed by atoms with Crippen molar-refractivity contribution in [1.82, 2.24) is 9.80 Å². The van der Waals surface area contributed by atoms with Gasteiger partial charge in [-0.05, 0) is 17.9 Å². The molecule has 2 heterocycles. The first-order valence-electron chi connectivity index (χ1n) is 8.71. The molecule has 0 spiro atoms. The van der Waals surface area contributed by atoms with Crippen molar-refractivity contribution in [3.63, 3.8) is 0 Å². The molecule has 3 heteroatoms.